The summed E-state index contributed by atoms with van der Waals surface area (Å²) in [7, 11) is 0. The van der Waals surface area contributed by atoms with Crippen LogP contribution in [0.15, 0.2) is 59.1 Å². The fourth-order valence-electron chi connectivity index (χ4n) is 2.24. The van der Waals surface area contributed by atoms with E-state index in [0.29, 0.717) is 22.6 Å². The van der Waals surface area contributed by atoms with Gasteiger partial charge < -0.3 is 15.2 Å². The summed E-state index contributed by atoms with van der Waals surface area (Å²) in [4.78, 5) is 23.3. The molecule has 6 nitrogen and oxygen atoms in total. The molecule has 0 radical (unpaired) electrons. The van der Waals surface area contributed by atoms with Gasteiger partial charge in [-0.1, -0.05) is 23.4 Å². The van der Waals surface area contributed by atoms with Crippen molar-refractivity contribution < 1.29 is 18.5 Å². The molecule has 0 aliphatic heterocycles. The first-order chi connectivity index (χ1) is 12.0. The second-order valence-electron chi connectivity index (χ2n) is 5.30. The van der Waals surface area contributed by atoms with Crippen molar-refractivity contribution in [3.63, 3.8) is 0 Å². The van der Waals surface area contributed by atoms with Crippen molar-refractivity contribution in [3.05, 3.63) is 66.2 Å². The van der Waals surface area contributed by atoms with Crippen molar-refractivity contribution in [1.82, 2.24) is 5.16 Å². The molecule has 0 saturated heterocycles. The summed E-state index contributed by atoms with van der Waals surface area (Å²) in [5.41, 5.74) is 1.91. The Morgan fingerprint density at radius 1 is 1.00 bits per heavy atom. The second kappa shape index (κ2) is 6.96. The van der Waals surface area contributed by atoms with Gasteiger partial charge in [0.15, 0.2) is 0 Å². The van der Waals surface area contributed by atoms with Crippen molar-refractivity contribution in [2.24, 2.45) is 0 Å². The number of rotatable bonds is 4. The second-order valence-corrected chi connectivity index (χ2v) is 5.30. The van der Waals surface area contributed by atoms with Gasteiger partial charge in [-0.15, -0.1) is 0 Å². The van der Waals surface area contributed by atoms with Crippen LogP contribution in [0, 0.1) is 5.82 Å². The number of hydrogen-bond acceptors (Lipinski definition) is 4. The molecular formula is C18H14FN3O3. The summed E-state index contributed by atoms with van der Waals surface area (Å²) in [5, 5.41) is 9.07. The Balaban J connectivity index is 1.75. The van der Waals surface area contributed by atoms with Crippen molar-refractivity contribution in [2.75, 3.05) is 10.6 Å². The molecule has 0 saturated carbocycles. The van der Waals surface area contributed by atoms with Crippen LogP contribution in [0.25, 0.3) is 11.3 Å². The Kier molecular flexibility index (Phi) is 4.56. The third kappa shape index (κ3) is 4.08. The lowest BCUT2D eigenvalue weighted by molar-refractivity contribution is -0.114. The SMILES string of the molecule is CC(=O)Nc1cccc(NC(=O)c2cc(-c3cccc(F)c3)no2)c1. The van der Waals surface area contributed by atoms with E-state index in [1.165, 1.54) is 25.1 Å². The van der Waals surface area contributed by atoms with Crippen molar-refractivity contribution >= 4 is 23.2 Å². The van der Waals surface area contributed by atoms with Crippen molar-refractivity contribution in [3.8, 4) is 11.3 Å². The Morgan fingerprint density at radius 3 is 2.44 bits per heavy atom. The highest BCUT2D eigenvalue weighted by atomic mass is 19.1. The molecule has 0 aliphatic rings. The normalized spacial score (nSPS) is 10.3. The zero-order chi connectivity index (χ0) is 17.8. The van der Waals surface area contributed by atoms with Gasteiger partial charge in [0.25, 0.3) is 5.91 Å². The molecule has 0 atom stereocenters. The molecule has 2 aromatic carbocycles. The lowest BCUT2D eigenvalue weighted by Crippen LogP contribution is -2.11. The van der Waals surface area contributed by atoms with E-state index in [9.17, 15) is 14.0 Å². The van der Waals surface area contributed by atoms with Gasteiger partial charge in [0.2, 0.25) is 11.7 Å². The van der Waals surface area contributed by atoms with E-state index in [2.05, 4.69) is 15.8 Å². The summed E-state index contributed by atoms with van der Waals surface area (Å²) in [6.45, 7) is 1.40. The van der Waals surface area contributed by atoms with E-state index in [0.717, 1.165) is 0 Å². The molecule has 0 unspecified atom stereocenters. The van der Waals surface area contributed by atoms with E-state index in [4.69, 9.17) is 4.52 Å². The average molecular weight is 339 g/mol. The van der Waals surface area contributed by atoms with Crippen molar-refractivity contribution in [2.45, 2.75) is 6.92 Å². The number of hydrogen-bond donors (Lipinski definition) is 2. The van der Waals surface area contributed by atoms with Crippen LogP contribution in [0.1, 0.15) is 17.5 Å². The number of carbonyl (C=O) groups is 2. The van der Waals surface area contributed by atoms with Crippen LogP contribution < -0.4 is 10.6 Å². The lowest BCUT2D eigenvalue weighted by atomic mass is 10.1. The molecule has 0 bridgehead atoms. The fraction of sp³-hybridized carbons (Fsp3) is 0.0556. The first-order valence-electron chi connectivity index (χ1n) is 7.43. The van der Waals surface area contributed by atoms with Crippen LogP contribution in [0.3, 0.4) is 0 Å². The summed E-state index contributed by atoms with van der Waals surface area (Å²) in [5.74, 6) is -1.13. The smallest absolute Gasteiger partial charge is 0.294 e. The Labute approximate surface area is 142 Å². The number of nitrogens with zero attached hydrogens (tertiary/aromatic N) is 1. The van der Waals surface area contributed by atoms with Gasteiger partial charge in [-0.25, -0.2) is 4.39 Å². The van der Waals surface area contributed by atoms with Gasteiger partial charge in [-0.2, -0.15) is 0 Å². The van der Waals surface area contributed by atoms with Crippen LogP contribution in [0.5, 0.6) is 0 Å². The first-order valence-corrected chi connectivity index (χ1v) is 7.43. The predicted octanol–water partition coefficient (Wildman–Crippen LogP) is 3.69. The molecule has 1 aromatic heterocycles. The largest absolute Gasteiger partial charge is 0.350 e. The standard InChI is InChI=1S/C18H14FN3O3/c1-11(23)20-14-6-3-7-15(9-14)21-18(24)17-10-16(22-25-17)12-4-2-5-13(19)8-12/h2-10H,1H3,(H,20,23)(H,21,24). The topological polar surface area (TPSA) is 84.2 Å². The van der Waals surface area contributed by atoms with Crippen LogP contribution in [-0.2, 0) is 4.79 Å². The zero-order valence-electron chi connectivity index (χ0n) is 13.2. The van der Waals surface area contributed by atoms with E-state index >= 15 is 0 Å². The predicted molar refractivity (Wildman–Crippen MR) is 90.6 cm³/mol. The summed E-state index contributed by atoms with van der Waals surface area (Å²) in [6, 6.07) is 14.0. The first kappa shape index (κ1) is 16.4. The highest BCUT2D eigenvalue weighted by molar-refractivity contribution is 6.03. The number of anilines is 2. The van der Waals surface area contributed by atoms with Crippen LogP contribution >= 0.6 is 0 Å². The number of amides is 2. The number of benzene rings is 2. The van der Waals surface area contributed by atoms with Crippen molar-refractivity contribution in [1.29, 1.82) is 0 Å². The lowest BCUT2D eigenvalue weighted by Gasteiger charge is -2.06. The minimum atomic E-state index is -0.505. The molecule has 25 heavy (non-hydrogen) atoms. The highest BCUT2D eigenvalue weighted by Crippen LogP contribution is 2.21. The van der Waals surface area contributed by atoms with Crippen LogP contribution in [-0.4, -0.2) is 17.0 Å². The van der Waals surface area contributed by atoms with Gasteiger partial charge in [-0.05, 0) is 30.3 Å². The van der Waals surface area contributed by atoms with Crippen LogP contribution in [0.2, 0.25) is 0 Å². The maximum Gasteiger partial charge on any atom is 0.294 e. The molecule has 2 N–H and O–H groups in total. The maximum absolute atomic E-state index is 13.3. The molecule has 3 aromatic rings. The maximum atomic E-state index is 13.3. The Hall–Kier alpha value is -3.48. The molecule has 3 rings (SSSR count). The summed E-state index contributed by atoms with van der Waals surface area (Å²) < 4.78 is 18.3. The molecule has 0 fully saturated rings. The zero-order valence-corrected chi connectivity index (χ0v) is 13.2. The molecule has 126 valence electrons. The summed E-state index contributed by atoms with van der Waals surface area (Å²) in [6.07, 6.45) is 0. The minimum Gasteiger partial charge on any atom is -0.350 e. The van der Waals surface area contributed by atoms with Gasteiger partial charge in [0, 0.05) is 29.9 Å². The number of nitrogens with one attached hydrogen (secondary N) is 2. The Bertz CT molecular complexity index is 937. The molecule has 1 heterocycles. The van der Waals surface area contributed by atoms with Gasteiger partial charge in [-0.3, -0.25) is 9.59 Å². The number of carbonyl (C=O) groups excluding carboxylic acids is 2. The average Bonchev–Trinajstić information content (AvgIpc) is 3.05. The molecular weight excluding hydrogens is 325 g/mol. The Morgan fingerprint density at radius 2 is 1.72 bits per heavy atom. The third-order valence-electron chi connectivity index (χ3n) is 3.30. The summed E-state index contributed by atoms with van der Waals surface area (Å²) >= 11 is 0. The number of aromatic nitrogens is 1. The molecule has 7 heteroatoms. The molecule has 0 aliphatic carbocycles. The van der Waals surface area contributed by atoms with Gasteiger partial charge >= 0.3 is 0 Å². The highest BCUT2D eigenvalue weighted by Gasteiger charge is 2.15. The fourth-order valence-corrected chi connectivity index (χ4v) is 2.24. The monoisotopic (exact) mass is 339 g/mol. The van der Waals surface area contributed by atoms with Gasteiger partial charge in [0.05, 0.1) is 0 Å². The molecule has 0 spiro atoms. The van der Waals surface area contributed by atoms with E-state index in [-0.39, 0.29) is 11.7 Å². The number of halogens is 1. The van der Waals surface area contributed by atoms with E-state index in [1.54, 1.807) is 36.4 Å². The van der Waals surface area contributed by atoms with E-state index < -0.39 is 11.7 Å². The van der Waals surface area contributed by atoms with Crippen LogP contribution in [0.4, 0.5) is 15.8 Å². The third-order valence-corrected chi connectivity index (χ3v) is 3.30. The minimum absolute atomic E-state index is 0.0100. The van der Waals surface area contributed by atoms with E-state index in [1.807, 2.05) is 0 Å². The molecule has 2 amide bonds. The van der Waals surface area contributed by atoms with Gasteiger partial charge in [0.1, 0.15) is 11.5 Å². The quantitative estimate of drug-likeness (QED) is 0.759.